The van der Waals surface area contributed by atoms with Gasteiger partial charge in [0.05, 0.1) is 27.7 Å². The van der Waals surface area contributed by atoms with Crippen LogP contribution in [0.4, 0.5) is 5.69 Å². The molecule has 24 heavy (non-hydrogen) atoms. The van der Waals surface area contributed by atoms with Crippen molar-refractivity contribution in [2.24, 2.45) is 4.99 Å². The van der Waals surface area contributed by atoms with Crippen molar-refractivity contribution in [2.75, 3.05) is 13.2 Å². The molecule has 0 spiro atoms. The maximum atomic E-state index is 11.9. The maximum absolute atomic E-state index is 11.9. The Morgan fingerprint density at radius 2 is 2.08 bits per heavy atom. The van der Waals surface area contributed by atoms with Gasteiger partial charge in [0, 0.05) is 12.6 Å². The largest absolute Gasteiger partial charge is 0.394 e. The summed E-state index contributed by atoms with van der Waals surface area (Å²) in [5.74, 6) is -1.06. The van der Waals surface area contributed by atoms with E-state index in [0.29, 0.717) is 15.7 Å². The number of hydrogen-bond acceptors (Lipinski definition) is 6. The third-order valence-electron chi connectivity index (χ3n) is 2.79. The summed E-state index contributed by atoms with van der Waals surface area (Å²) >= 11 is 13.0. The second-order valence-electron chi connectivity index (χ2n) is 4.63. The van der Waals surface area contributed by atoms with Gasteiger partial charge in [-0.1, -0.05) is 29.3 Å². The molecule has 1 saturated heterocycles. The fourth-order valence-electron chi connectivity index (χ4n) is 1.63. The van der Waals surface area contributed by atoms with Gasteiger partial charge >= 0.3 is 0 Å². The smallest absolute Gasteiger partial charge is 0.264 e. The second kappa shape index (κ2) is 8.50. The molecule has 1 unspecified atom stereocenters. The first-order valence-electron chi connectivity index (χ1n) is 6.71. The number of aliphatic imine (C=N–C) groups is 1. The maximum Gasteiger partial charge on any atom is 0.264 e. The highest BCUT2D eigenvalue weighted by molar-refractivity contribution is 8.18. The number of thioether (sulfide) groups is 1. The van der Waals surface area contributed by atoms with E-state index in [2.05, 4.69) is 15.6 Å². The van der Waals surface area contributed by atoms with Crippen LogP contribution in [0.2, 0.25) is 10.0 Å². The molecule has 1 atom stereocenters. The third kappa shape index (κ3) is 4.96. The molecule has 2 rings (SSSR count). The molecule has 1 heterocycles. The lowest BCUT2D eigenvalue weighted by Crippen LogP contribution is -2.33. The standard InChI is InChI=1S/C14H13Cl2N3O4S/c15-8-2-1-3-9(16)12(8)18-14-19-13(23)10(24-14)4-11(22)17-5-7(21)6-20/h1-4,7,20-21H,5-6H2,(H,17,22)(H,18,19,23)/b10-4-. The minimum atomic E-state index is -1.06. The summed E-state index contributed by atoms with van der Waals surface area (Å²) in [7, 11) is 0. The molecule has 10 heteroatoms. The van der Waals surface area contributed by atoms with Gasteiger partial charge in [0.25, 0.3) is 5.91 Å². The molecule has 4 N–H and O–H groups in total. The van der Waals surface area contributed by atoms with Crippen LogP contribution in [-0.2, 0) is 9.59 Å². The topological polar surface area (TPSA) is 111 Å². The first kappa shape index (κ1) is 18.8. The van der Waals surface area contributed by atoms with E-state index in [9.17, 15) is 9.59 Å². The predicted molar refractivity (Wildman–Crippen MR) is 93.5 cm³/mol. The molecule has 0 radical (unpaired) electrons. The van der Waals surface area contributed by atoms with Crippen LogP contribution in [0.5, 0.6) is 0 Å². The summed E-state index contributed by atoms with van der Waals surface area (Å²) in [5.41, 5.74) is 0.320. The Hall–Kier alpha value is -1.58. The van der Waals surface area contributed by atoms with Crippen LogP contribution in [0, 0.1) is 0 Å². The van der Waals surface area contributed by atoms with Gasteiger partial charge in [0.15, 0.2) is 5.17 Å². The summed E-state index contributed by atoms with van der Waals surface area (Å²) < 4.78 is 0. The summed E-state index contributed by atoms with van der Waals surface area (Å²) in [4.78, 5) is 27.9. The van der Waals surface area contributed by atoms with Crippen LogP contribution in [0.3, 0.4) is 0 Å². The summed E-state index contributed by atoms with van der Waals surface area (Å²) in [6, 6.07) is 4.90. The Kier molecular flexibility index (Phi) is 6.64. The molecule has 7 nitrogen and oxygen atoms in total. The molecule has 128 valence electrons. The number of halogens is 2. The highest BCUT2D eigenvalue weighted by atomic mass is 35.5. The average molecular weight is 390 g/mol. The molecule has 1 aliphatic rings. The number of amidine groups is 1. The van der Waals surface area contributed by atoms with Gasteiger partial charge in [-0.15, -0.1) is 0 Å². The van der Waals surface area contributed by atoms with Crippen LogP contribution in [-0.4, -0.2) is 46.5 Å². The molecule has 1 aromatic carbocycles. The number of para-hydroxylation sites is 1. The first-order chi connectivity index (χ1) is 11.4. The van der Waals surface area contributed by atoms with E-state index >= 15 is 0 Å². The minimum Gasteiger partial charge on any atom is -0.394 e. The number of amides is 2. The fraction of sp³-hybridized carbons (Fsp3) is 0.214. The van der Waals surface area contributed by atoms with E-state index in [-0.39, 0.29) is 16.6 Å². The molecule has 1 aromatic rings. The molecule has 0 saturated carbocycles. The van der Waals surface area contributed by atoms with Crippen molar-refractivity contribution >= 4 is 57.6 Å². The molecule has 1 fully saturated rings. The lowest BCUT2D eigenvalue weighted by molar-refractivity contribution is -0.118. The number of aliphatic hydroxyl groups excluding tert-OH is 2. The Morgan fingerprint density at radius 3 is 2.71 bits per heavy atom. The zero-order valence-electron chi connectivity index (χ0n) is 12.1. The van der Waals surface area contributed by atoms with E-state index < -0.39 is 24.5 Å². The number of benzene rings is 1. The van der Waals surface area contributed by atoms with E-state index in [1.54, 1.807) is 18.2 Å². The van der Waals surface area contributed by atoms with E-state index in [0.717, 1.165) is 17.8 Å². The summed E-state index contributed by atoms with van der Waals surface area (Å²) in [6.07, 6.45) is 0.0257. The Morgan fingerprint density at radius 1 is 1.42 bits per heavy atom. The van der Waals surface area contributed by atoms with Crippen LogP contribution < -0.4 is 10.6 Å². The van der Waals surface area contributed by atoms with Crippen molar-refractivity contribution in [3.8, 4) is 0 Å². The molecule has 0 aromatic heterocycles. The zero-order chi connectivity index (χ0) is 17.7. The van der Waals surface area contributed by atoms with E-state index in [1.807, 2.05) is 0 Å². The van der Waals surface area contributed by atoms with Crippen LogP contribution in [0.25, 0.3) is 0 Å². The third-order valence-corrected chi connectivity index (χ3v) is 4.31. The van der Waals surface area contributed by atoms with E-state index in [1.165, 1.54) is 0 Å². The van der Waals surface area contributed by atoms with E-state index in [4.69, 9.17) is 33.4 Å². The van der Waals surface area contributed by atoms with Crippen molar-refractivity contribution < 1.29 is 19.8 Å². The Bertz CT molecular complexity index is 704. The normalized spacial score (nSPS) is 18.8. The number of hydrogen-bond donors (Lipinski definition) is 4. The van der Waals surface area contributed by atoms with Crippen molar-refractivity contribution in [3.05, 3.63) is 39.2 Å². The monoisotopic (exact) mass is 389 g/mol. The van der Waals surface area contributed by atoms with Gasteiger partial charge in [-0.05, 0) is 23.9 Å². The SMILES string of the molecule is O=C(/C=C1\SC(=Nc2c(Cl)cccc2Cl)NC1=O)NCC(O)CO. The molecular weight excluding hydrogens is 377 g/mol. The number of nitrogens with one attached hydrogen (secondary N) is 2. The molecule has 0 aliphatic carbocycles. The minimum absolute atomic E-state index is 0.123. The fourth-order valence-corrected chi connectivity index (χ4v) is 2.91. The van der Waals surface area contributed by atoms with Gasteiger partial charge in [0.1, 0.15) is 5.69 Å². The molecular formula is C14H13Cl2N3O4S. The van der Waals surface area contributed by atoms with Gasteiger partial charge in [0.2, 0.25) is 5.91 Å². The van der Waals surface area contributed by atoms with Gasteiger partial charge < -0.3 is 20.8 Å². The molecule has 2 amide bonds. The molecule has 0 bridgehead atoms. The first-order valence-corrected chi connectivity index (χ1v) is 8.28. The number of carbonyl (C=O) groups is 2. The Labute approximate surface area is 151 Å². The Balaban J connectivity index is 2.09. The van der Waals surface area contributed by atoms with Gasteiger partial charge in [-0.2, -0.15) is 0 Å². The second-order valence-corrected chi connectivity index (χ2v) is 6.48. The van der Waals surface area contributed by atoms with Crippen molar-refractivity contribution in [1.82, 2.24) is 10.6 Å². The quantitative estimate of drug-likeness (QED) is 0.565. The summed E-state index contributed by atoms with van der Waals surface area (Å²) in [6.45, 7) is -0.594. The number of rotatable bonds is 5. The number of aliphatic hydroxyl groups is 2. The van der Waals surface area contributed by atoms with Crippen molar-refractivity contribution in [1.29, 1.82) is 0 Å². The lowest BCUT2D eigenvalue weighted by atomic mass is 10.3. The number of carbonyl (C=O) groups excluding carboxylic acids is 2. The van der Waals surface area contributed by atoms with Crippen molar-refractivity contribution in [3.63, 3.8) is 0 Å². The molecule has 1 aliphatic heterocycles. The average Bonchev–Trinajstić information content (AvgIpc) is 2.88. The van der Waals surface area contributed by atoms with Crippen LogP contribution >= 0.6 is 35.0 Å². The lowest BCUT2D eigenvalue weighted by Gasteiger charge is -2.06. The number of nitrogens with zero attached hydrogens (tertiary/aromatic N) is 1. The van der Waals surface area contributed by atoms with Gasteiger partial charge in [-0.3, -0.25) is 9.59 Å². The highest BCUT2D eigenvalue weighted by Gasteiger charge is 2.25. The van der Waals surface area contributed by atoms with Crippen LogP contribution in [0.1, 0.15) is 0 Å². The van der Waals surface area contributed by atoms with Crippen molar-refractivity contribution in [2.45, 2.75) is 6.10 Å². The predicted octanol–water partition coefficient (Wildman–Crippen LogP) is 1.20. The summed E-state index contributed by atoms with van der Waals surface area (Å²) in [5, 5.41) is 23.6. The zero-order valence-corrected chi connectivity index (χ0v) is 14.5. The van der Waals surface area contributed by atoms with Gasteiger partial charge in [-0.25, -0.2) is 4.99 Å². The van der Waals surface area contributed by atoms with Crippen LogP contribution in [0.15, 0.2) is 34.2 Å². The highest BCUT2D eigenvalue weighted by Crippen LogP contribution is 2.35.